The van der Waals surface area contributed by atoms with Crippen molar-refractivity contribution >= 4 is 25.6 Å². The van der Waals surface area contributed by atoms with Crippen molar-refractivity contribution in [1.82, 2.24) is 4.90 Å². The summed E-state index contributed by atoms with van der Waals surface area (Å²) in [5.41, 5.74) is 0.291. The molecule has 2 heterocycles. The van der Waals surface area contributed by atoms with E-state index in [1.165, 1.54) is 18.2 Å². The number of morpholine rings is 1. The molecule has 1 unspecified atom stereocenters. The first-order valence-corrected chi connectivity index (χ1v) is 11.1. The first kappa shape index (κ1) is 17.4. The smallest absolute Gasteiger partial charge is 0.254 e. The number of carbonyl (C=O) groups is 1. The molecule has 2 aliphatic heterocycles. The van der Waals surface area contributed by atoms with Crippen LogP contribution in [0.4, 0.5) is 0 Å². The van der Waals surface area contributed by atoms with Gasteiger partial charge in [0.2, 0.25) is 0 Å². The number of nitrogens with zero attached hydrogens (tertiary/aromatic N) is 1. The summed E-state index contributed by atoms with van der Waals surface area (Å²) in [6.07, 6.45) is 0.103. The highest BCUT2D eigenvalue weighted by molar-refractivity contribution is 7.96. The van der Waals surface area contributed by atoms with Crippen LogP contribution in [0.15, 0.2) is 29.2 Å². The minimum atomic E-state index is -3.77. The zero-order valence-corrected chi connectivity index (χ0v) is 14.7. The Kier molecular flexibility index (Phi) is 4.67. The van der Waals surface area contributed by atoms with Gasteiger partial charge >= 0.3 is 0 Å². The number of hydrogen-bond donors (Lipinski definition) is 0. The van der Waals surface area contributed by atoms with E-state index in [1.54, 1.807) is 11.0 Å². The second kappa shape index (κ2) is 6.45. The van der Waals surface area contributed by atoms with E-state index in [2.05, 4.69) is 0 Å². The molecule has 1 amide bonds. The summed E-state index contributed by atoms with van der Waals surface area (Å²) >= 11 is 0. The Morgan fingerprint density at radius 2 is 1.92 bits per heavy atom. The van der Waals surface area contributed by atoms with Crippen molar-refractivity contribution in [2.24, 2.45) is 0 Å². The van der Waals surface area contributed by atoms with Gasteiger partial charge in [0, 0.05) is 18.7 Å². The van der Waals surface area contributed by atoms with E-state index in [1.807, 2.05) is 0 Å². The lowest BCUT2D eigenvalue weighted by Gasteiger charge is -2.27. The van der Waals surface area contributed by atoms with Crippen LogP contribution in [0.3, 0.4) is 0 Å². The van der Waals surface area contributed by atoms with E-state index in [0.717, 1.165) is 0 Å². The lowest BCUT2D eigenvalue weighted by Crippen LogP contribution is -2.40. The Morgan fingerprint density at radius 1 is 1.21 bits per heavy atom. The number of rotatable bonds is 3. The molecular weight excluding hydrogens is 354 g/mol. The molecule has 7 nitrogen and oxygen atoms in total. The first-order chi connectivity index (χ1) is 11.3. The first-order valence-electron chi connectivity index (χ1n) is 7.71. The number of ether oxygens (including phenoxy) is 1. The average Bonchev–Trinajstić information content (AvgIpc) is 2.96. The van der Waals surface area contributed by atoms with E-state index in [4.69, 9.17) is 4.74 Å². The largest absolute Gasteiger partial charge is 0.378 e. The van der Waals surface area contributed by atoms with Crippen LogP contribution in [0.5, 0.6) is 0 Å². The highest BCUT2D eigenvalue weighted by Crippen LogP contribution is 2.26. The van der Waals surface area contributed by atoms with Gasteiger partial charge < -0.3 is 9.64 Å². The predicted octanol–water partition coefficient (Wildman–Crippen LogP) is 0.120. The topological polar surface area (TPSA) is 97.8 Å². The van der Waals surface area contributed by atoms with Crippen molar-refractivity contribution in [3.8, 4) is 0 Å². The van der Waals surface area contributed by atoms with Gasteiger partial charge in [-0.2, -0.15) is 0 Å². The molecule has 1 aromatic carbocycles. The van der Waals surface area contributed by atoms with Crippen LogP contribution < -0.4 is 0 Å². The Balaban J connectivity index is 1.86. The molecule has 2 fully saturated rings. The Hall–Kier alpha value is -1.45. The van der Waals surface area contributed by atoms with Gasteiger partial charge in [0.25, 0.3) is 5.91 Å². The number of benzene rings is 1. The van der Waals surface area contributed by atoms with Gasteiger partial charge in [-0.1, -0.05) is 6.07 Å². The van der Waals surface area contributed by atoms with Crippen molar-refractivity contribution in [2.45, 2.75) is 16.6 Å². The zero-order chi connectivity index (χ0) is 17.4. The number of hydrogen-bond acceptors (Lipinski definition) is 6. The van der Waals surface area contributed by atoms with Crippen LogP contribution >= 0.6 is 0 Å². The van der Waals surface area contributed by atoms with Crippen molar-refractivity contribution in [3.05, 3.63) is 29.8 Å². The summed E-state index contributed by atoms with van der Waals surface area (Å²) in [4.78, 5) is 14.1. The Bertz CT molecular complexity index is 840. The lowest BCUT2D eigenvalue weighted by molar-refractivity contribution is 0.0302. The SMILES string of the molecule is O=C(c1cccc(S(=O)(=O)C2CCS(=O)(=O)C2)c1)N1CCOCC1. The van der Waals surface area contributed by atoms with Crippen LogP contribution in [0.25, 0.3) is 0 Å². The monoisotopic (exact) mass is 373 g/mol. The maximum absolute atomic E-state index is 12.7. The van der Waals surface area contributed by atoms with Crippen molar-refractivity contribution in [3.63, 3.8) is 0 Å². The molecule has 0 aliphatic carbocycles. The van der Waals surface area contributed by atoms with Crippen LogP contribution in [-0.4, -0.2) is 70.7 Å². The molecule has 3 rings (SSSR count). The Morgan fingerprint density at radius 3 is 2.54 bits per heavy atom. The Labute approximate surface area is 141 Å². The molecule has 2 aliphatic rings. The standard InChI is InChI=1S/C15H19NO6S2/c17-15(16-5-7-22-8-6-16)12-2-1-3-13(10-12)24(20,21)14-4-9-23(18,19)11-14/h1-3,10,14H,4-9,11H2. The van der Waals surface area contributed by atoms with E-state index in [0.29, 0.717) is 31.9 Å². The second-order valence-electron chi connectivity index (χ2n) is 6.00. The fraction of sp³-hybridized carbons (Fsp3) is 0.533. The molecule has 24 heavy (non-hydrogen) atoms. The van der Waals surface area contributed by atoms with E-state index >= 15 is 0 Å². The number of carbonyl (C=O) groups excluding carboxylic acids is 1. The van der Waals surface area contributed by atoms with E-state index < -0.39 is 24.9 Å². The minimum absolute atomic E-state index is 0.00343. The second-order valence-corrected chi connectivity index (χ2v) is 10.5. The normalized spacial score (nSPS) is 24.0. The fourth-order valence-electron chi connectivity index (χ4n) is 2.95. The highest BCUT2D eigenvalue weighted by atomic mass is 32.2. The molecule has 9 heteroatoms. The van der Waals surface area contributed by atoms with Gasteiger partial charge in [-0.25, -0.2) is 16.8 Å². The average molecular weight is 373 g/mol. The van der Waals surface area contributed by atoms with Gasteiger partial charge in [-0.05, 0) is 24.6 Å². The zero-order valence-electron chi connectivity index (χ0n) is 13.0. The van der Waals surface area contributed by atoms with E-state index in [-0.39, 0.29) is 28.7 Å². The van der Waals surface area contributed by atoms with Crippen molar-refractivity contribution in [2.75, 3.05) is 37.8 Å². The van der Waals surface area contributed by atoms with E-state index in [9.17, 15) is 21.6 Å². The molecule has 0 N–H and O–H groups in total. The molecular formula is C15H19NO6S2. The summed E-state index contributed by atoms with van der Waals surface area (Å²) in [7, 11) is -7.07. The van der Waals surface area contributed by atoms with Gasteiger partial charge in [0.1, 0.15) is 0 Å². The summed E-state index contributed by atoms with van der Waals surface area (Å²) in [6, 6.07) is 5.85. The molecule has 1 aromatic rings. The predicted molar refractivity (Wildman–Crippen MR) is 87.4 cm³/mol. The fourth-order valence-corrected chi connectivity index (χ4v) is 7.36. The molecule has 0 saturated carbocycles. The lowest BCUT2D eigenvalue weighted by atomic mass is 10.2. The number of sulfone groups is 2. The summed E-state index contributed by atoms with van der Waals surface area (Å²) < 4.78 is 53.7. The molecule has 0 radical (unpaired) electrons. The molecule has 0 bridgehead atoms. The van der Waals surface area contributed by atoms with Crippen molar-refractivity contribution in [1.29, 1.82) is 0 Å². The van der Waals surface area contributed by atoms with Gasteiger partial charge in [-0.15, -0.1) is 0 Å². The summed E-state index contributed by atoms with van der Waals surface area (Å²) in [5, 5.41) is -0.934. The van der Waals surface area contributed by atoms with Crippen molar-refractivity contribution < 1.29 is 26.4 Å². The molecule has 0 spiro atoms. The van der Waals surface area contributed by atoms with Crippen LogP contribution in [0.1, 0.15) is 16.8 Å². The molecule has 0 aromatic heterocycles. The van der Waals surface area contributed by atoms with Crippen LogP contribution in [-0.2, 0) is 24.4 Å². The van der Waals surface area contributed by atoms with Gasteiger partial charge in [-0.3, -0.25) is 4.79 Å². The van der Waals surface area contributed by atoms with Crippen LogP contribution in [0.2, 0.25) is 0 Å². The van der Waals surface area contributed by atoms with Gasteiger partial charge in [0.15, 0.2) is 19.7 Å². The third kappa shape index (κ3) is 3.47. The summed E-state index contributed by atoms with van der Waals surface area (Å²) in [6.45, 7) is 1.86. The molecule has 132 valence electrons. The third-order valence-electron chi connectivity index (χ3n) is 4.34. The molecule has 1 atom stereocenters. The van der Waals surface area contributed by atoms with Gasteiger partial charge in [0.05, 0.1) is 34.9 Å². The minimum Gasteiger partial charge on any atom is -0.378 e. The third-order valence-corrected chi connectivity index (χ3v) is 8.51. The highest BCUT2D eigenvalue weighted by Gasteiger charge is 2.38. The molecule has 2 saturated heterocycles. The maximum atomic E-state index is 12.7. The maximum Gasteiger partial charge on any atom is 0.254 e. The number of amides is 1. The quantitative estimate of drug-likeness (QED) is 0.746. The summed E-state index contributed by atoms with van der Waals surface area (Å²) in [5.74, 6) is -0.699. The van der Waals surface area contributed by atoms with Crippen LogP contribution in [0, 0.1) is 0 Å².